The third-order valence-electron chi connectivity index (χ3n) is 10.7. The van der Waals surface area contributed by atoms with Crippen LogP contribution in [0.2, 0.25) is 0 Å². The van der Waals surface area contributed by atoms with Crippen LogP contribution in [0.3, 0.4) is 0 Å². The van der Waals surface area contributed by atoms with E-state index in [1.807, 2.05) is 6.08 Å². The zero-order chi connectivity index (χ0) is 41.4. The molecule has 0 aromatic carbocycles. The number of nitrogens with one attached hydrogen (secondary N) is 1. The van der Waals surface area contributed by atoms with Gasteiger partial charge in [-0.2, -0.15) is 8.42 Å². The van der Waals surface area contributed by atoms with Gasteiger partial charge in [0.15, 0.2) is 6.29 Å². The van der Waals surface area contributed by atoms with Gasteiger partial charge in [-0.3, -0.25) is 9.35 Å². The van der Waals surface area contributed by atoms with Crippen LogP contribution in [-0.2, 0) is 28.9 Å². The van der Waals surface area contributed by atoms with E-state index < -0.39 is 78.5 Å². The highest BCUT2D eigenvalue weighted by molar-refractivity contribution is 7.80. The van der Waals surface area contributed by atoms with Crippen molar-refractivity contribution in [1.29, 1.82) is 0 Å². The molecule has 1 saturated heterocycles. The zero-order valence-electron chi connectivity index (χ0n) is 34.8. The van der Waals surface area contributed by atoms with Crippen molar-refractivity contribution in [3.8, 4) is 0 Å². The molecule has 14 heteroatoms. The van der Waals surface area contributed by atoms with Crippen LogP contribution < -0.4 is 5.32 Å². The number of aliphatic hydroxyl groups is 5. The molecular formula is C42H81NO12S. The molecule has 0 aromatic rings. The molecule has 0 aromatic heterocycles. The number of rotatable bonds is 37. The summed E-state index contributed by atoms with van der Waals surface area (Å²) in [6, 6.07) is -1.11. The summed E-state index contributed by atoms with van der Waals surface area (Å²) in [5.74, 6) is -0.701. The van der Waals surface area contributed by atoms with E-state index in [2.05, 4.69) is 23.3 Å². The molecule has 0 bridgehead atoms. The van der Waals surface area contributed by atoms with Crippen molar-refractivity contribution >= 4 is 16.3 Å². The van der Waals surface area contributed by atoms with Gasteiger partial charge < -0.3 is 40.3 Å². The van der Waals surface area contributed by atoms with Crippen LogP contribution in [0.15, 0.2) is 12.2 Å². The number of hydrogen-bond donors (Lipinski definition) is 7. The third-order valence-corrected chi connectivity index (χ3v) is 11.1. The first kappa shape index (κ1) is 52.8. The molecule has 2 unspecified atom stereocenters. The zero-order valence-corrected chi connectivity index (χ0v) is 35.6. The van der Waals surface area contributed by atoms with E-state index in [1.165, 1.54) is 122 Å². The molecule has 332 valence electrons. The number of ether oxygens (including phenoxy) is 2. The summed E-state index contributed by atoms with van der Waals surface area (Å²) in [6.07, 6.45) is 22.9. The molecule has 1 rings (SSSR count). The second kappa shape index (κ2) is 33.6. The van der Waals surface area contributed by atoms with Gasteiger partial charge in [-0.05, 0) is 19.3 Å². The fourth-order valence-electron chi connectivity index (χ4n) is 7.11. The first-order valence-corrected chi connectivity index (χ1v) is 23.5. The highest BCUT2D eigenvalue weighted by Crippen LogP contribution is 2.26. The minimum atomic E-state index is -5.11. The Hall–Kier alpha value is -1.20. The molecule has 0 radical (unpaired) electrons. The lowest BCUT2D eigenvalue weighted by atomic mass is 9.99. The van der Waals surface area contributed by atoms with Gasteiger partial charge >= 0.3 is 10.4 Å². The number of carbonyl (C=O) groups excluding carboxylic acids is 1. The normalized spacial score (nSPS) is 22.0. The highest BCUT2D eigenvalue weighted by atomic mass is 32.3. The number of amides is 1. The van der Waals surface area contributed by atoms with E-state index in [-0.39, 0.29) is 6.42 Å². The quantitative estimate of drug-likeness (QED) is 0.0192. The van der Waals surface area contributed by atoms with Crippen LogP contribution in [-0.4, -0.2) is 107 Å². The molecule has 13 nitrogen and oxygen atoms in total. The number of allylic oxidation sites excluding steroid dienone is 1. The lowest BCUT2D eigenvalue weighted by Gasteiger charge is -2.41. The first-order chi connectivity index (χ1) is 26.9. The van der Waals surface area contributed by atoms with Crippen LogP contribution in [0.4, 0.5) is 0 Å². The summed E-state index contributed by atoms with van der Waals surface area (Å²) >= 11 is 0. The van der Waals surface area contributed by atoms with Gasteiger partial charge in [0.2, 0.25) is 5.91 Å². The minimum absolute atomic E-state index is 0.247. The van der Waals surface area contributed by atoms with Crippen LogP contribution in [0.25, 0.3) is 0 Å². The van der Waals surface area contributed by atoms with Gasteiger partial charge in [-0.1, -0.05) is 180 Å². The number of unbranched alkanes of at least 4 members (excludes halogenated alkanes) is 24. The van der Waals surface area contributed by atoms with E-state index in [4.69, 9.17) is 14.0 Å². The summed E-state index contributed by atoms with van der Waals surface area (Å²) in [5, 5.41) is 55.1. The maximum Gasteiger partial charge on any atom is 0.397 e. The van der Waals surface area contributed by atoms with Gasteiger partial charge in [0.1, 0.15) is 30.5 Å². The lowest BCUT2D eigenvalue weighted by Crippen LogP contribution is -2.61. The predicted octanol–water partition coefficient (Wildman–Crippen LogP) is 6.97. The SMILES string of the molecule is CCCCCCCCCCCCC/C=C/[C@@H](O)[C@H](CO[C@@H]1O[C@H](CO)[C@H](O)C(OS(=O)(=O)O)C1O)NC(=O)[C@H](O)CCCCCCCCCCCCCCCC. The second-order valence-corrected chi connectivity index (χ2v) is 16.8. The second-order valence-electron chi connectivity index (χ2n) is 15.8. The molecule has 56 heavy (non-hydrogen) atoms. The Morgan fingerprint density at radius 1 is 0.714 bits per heavy atom. The van der Waals surface area contributed by atoms with Crippen molar-refractivity contribution in [3.63, 3.8) is 0 Å². The summed E-state index contributed by atoms with van der Waals surface area (Å²) in [7, 11) is -5.11. The standard InChI is InChI=1S/C42H81NO12S/c1-3-5-7-9-11-13-15-17-19-21-23-25-27-29-31-36(46)41(49)43-34(35(45)30-28-26-24-22-20-18-16-14-12-10-8-6-4-2)33-53-42-39(48)40(55-56(50,51)52)38(47)37(32-44)54-42/h28,30,34-40,42,44-48H,3-27,29,31-33H2,1-2H3,(H,43,49)(H,50,51,52)/b30-28+/t34-,35+,36+,37+,38-,39?,40?,42+/m0/s1. The van der Waals surface area contributed by atoms with Crippen molar-refractivity contribution in [1.82, 2.24) is 5.32 Å². The Labute approximate surface area is 339 Å². The van der Waals surface area contributed by atoms with Crippen LogP contribution in [0.1, 0.15) is 187 Å². The Morgan fingerprint density at radius 2 is 1.16 bits per heavy atom. The summed E-state index contributed by atoms with van der Waals surface area (Å²) in [6.45, 7) is 3.20. The molecular weight excluding hydrogens is 743 g/mol. The maximum atomic E-state index is 13.1. The van der Waals surface area contributed by atoms with Gasteiger partial charge in [0.05, 0.1) is 25.4 Å². The molecule has 1 heterocycles. The third kappa shape index (κ3) is 26.0. The minimum Gasteiger partial charge on any atom is -0.394 e. The lowest BCUT2D eigenvalue weighted by molar-refractivity contribution is -0.298. The summed E-state index contributed by atoms with van der Waals surface area (Å²) < 4.78 is 47.4. The molecule has 1 aliphatic heterocycles. The smallest absolute Gasteiger partial charge is 0.394 e. The first-order valence-electron chi connectivity index (χ1n) is 22.2. The Balaban J connectivity index is 2.62. The van der Waals surface area contributed by atoms with Gasteiger partial charge in [-0.25, -0.2) is 4.18 Å². The van der Waals surface area contributed by atoms with E-state index in [9.17, 15) is 38.7 Å². The van der Waals surface area contributed by atoms with Crippen molar-refractivity contribution in [2.45, 2.75) is 236 Å². The average Bonchev–Trinajstić information content (AvgIpc) is 3.16. The van der Waals surface area contributed by atoms with Crippen LogP contribution in [0, 0.1) is 0 Å². The van der Waals surface area contributed by atoms with Crippen molar-refractivity contribution in [2.75, 3.05) is 13.2 Å². The highest BCUT2D eigenvalue weighted by Gasteiger charge is 2.48. The van der Waals surface area contributed by atoms with E-state index in [0.29, 0.717) is 12.8 Å². The van der Waals surface area contributed by atoms with Gasteiger partial charge in [0, 0.05) is 0 Å². The molecule has 0 saturated carbocycles. The van der Waals surface area contributed by atoms with Gasteiger partial charge in [0.25, 0.3) is 0 Å². The largest absolute Gasteiger partial charge is 0.397 e. The maximum absolute atomic E-state index is 13.1. The van der Waals surface area contributed by atoms with Crippen LogP contribution in [0.5, 0.6) is 0 Å². The Kier molecular flexibility index (Phi) is 31.7. The molecule has 7 N–H and O–H groups in total. The Morgan fingerprint density at radius 3 is 1.61 bits per heavy atom. The molecule has 1 amide bonds. The molecule has 8 atom stereocenters. The fourth-order valence-corrected chi connectivity index (χ4v) is 7.62. The van der Waals surface area contributed by atoms with E-state index in [1.54, 1.807) is 0 Å². The molecule has 0 spiro atoms. The van der Waals surface area contributed by atoms with Gasteiger partial charge in [-0.15, -0.1) is 0 Å². The van der Waals surface area contributed by atoms with Crippen molar-refractivity contribution in [3.05, 3.63) is 12.2 Å². The fraction of sp³-hybridized carbons (Fsp3) is 0.929. The summed E-state index contributed by atoms with van der Waals surface area (Å²) in [5.41, 5.74) is 0. The van der Waals surface area contributed by atoms with E-state index >= 15 is 0 Å². The van der Waals surface area contributed by atoms with Crippen LogP contribution >= 0.6 is 0 Å². The molecule has 0 aliphatic carbocycles. The predicted molar refractivity (Wildman–Crippen MR) is 219 cm³/mol. The summed E-state index contributed by atoms with van der Waals surface area (Å²) in [4.78, 5) is 13.1. The topological polar surface area (TPSA) is 212 Å². The average molecular weight is 824 g/mol. The molecule has 1 fully saturated rings. The number of carbonyl (C=O) groups is 1. The van der Waals surface area contributed by atoms with Crippen molar-refractivity contribution in [2.24, 2.45) is 0 Å². The number of hydrogen-bond acceptors (Lipinski definition) is 11. The van der Waals surface area contributed by atoms with E-state index in [0.717, 1.165) is 38.5 Å². The molecule has 1 aliphatic rings. The number of aliphatic hydroxyl groups excluding tert-OH is 5. The monoisotopic (exact) mass is 824 g/mol. The Bertz CT molecular complexity index is 1080. The van der Waals surface area contributed by atoms with Crippen molar-refractivity contribution < 1.29 is 57.0 Å².